The summed E-state index contributed by atoms with van der Waals surface area (Å²) in [4.78, 5) is 28.8. The number of carbonyl (C=O) groups excluding carboxylic acids is 2. The van der Waals surface area contributed by atoms with Crippen LogP contribution >= 0.6 is 15.9 Å². The van der Waals surface area contributed by atoms with Crippen LogP contribution in [0.15, 0.2) is 45.5 Å². The Hall–Kier alpha value is -2.12. The molecule has 0 atom stereocenters. The highest BCUT2D eigenvalue weighted by Crippen LogP contribution is 2.17. The molecule has 1 fully saturated rings. The van der Waals surface area contributed by atoms with E-state index in [1.54, 1.807) is 24.3 Å². The fourth-order valence-corrected chi connectivity index (χ4v) is 3.22. The van der Waals surface area contributed by atoms with Gasteiger partial charge in [0, 0.05) is 25.3 Å². The first-order chi connectivity index (χ1) is 12.5. The predicted molar refractivity (Wildman–Crippen MR) is 103 cm³/mol. The molecule has 1 aliphatic rings. The van der Waals surface area contributed by atoms with Crippen LogP contribution in [0.5, 0.6) is 0 Å². The van der Waals surface area contributed by atoms with Crippen LogP contribution in [0.2, 0.25) is 0 Å². The number of carbonyl (C=O) groups is 2. The number of nitrogens with one attached hydrogen (secondary N) is 1. The van der Waals surface area contributed by atoms with Gasteiger partial charge in [-0.2, -0.15) is 0 Å². The van der Waals surface area contributed by atoms with E-state index in [9.17, 15) is 9.59 Å². The van der Waals surface area contributed by atoms with Crippen molar-refractivity contribution >= 4 is 33.4 Å². The number of hydrogen-bond donors (Lipinski definition) is 1. The van der Waals surface area contributed by atoms with E-state index in [-0.39, 0.29) is 17.6 Å². The molecule has 26 heavy (non-hydrogen) atoms. The lowest BCUT2D eigenvalue weighted by atomic mass is 10.1. The summed E-state index contributed by atoms with van der Waals surface area (Å²) in [7, 11) is 2.09. The van der Waals surface area contributed by atoms with Crippen LogP contribution in [0.25, 0.3) is 0 Å². The lowest BCUT2D eigenvalue weighted by Gasteiger charge is -2.20. The monoisotopic (exact) mass is 419 g/mol. The normalized spacial score (nSPS) is 15.5. The van der Waals surface area contributed by atoms with Crippen LogP contribution in [0.3, 0.4) is 0 Å². The van der Waals surface area contributed by atoms with Gasteiger partial charge in [-0.3, -0.25) is 9.59 Å². The Balaban J connectivity index is 1.55. The zero-order chi connectivity index (χ0) is 18.5. The summed E-state index contributed by atoms with van der Waals surface area (Å²) >= 11 is 3.17. The van der Waals surface area contributed by atoms with Crippen molar-refractivity contribution in [3.8, 4) is 0 Å². The predicted octanol–water partition coefficient (Wildman–Crippen LogP) is 3.00. The Kier molecular flexibility index (Phi) is 6.11. The third-order valence-corrected chi connectivity index (χ3v) is 4.86. The first-order valence-corrected chi connectivity index (χ1v) is 9.42. The molecular weight excluding hydrogens is 398 g/mol. The average molecular weight is 420 g/mol. The molecule has 2 aromatic rings. The molecule has 1 saturated heterocycles. The maximum atomic E-state index is 12.5. The quantitative estimate of drug-likeness (QED) is 0.826. The number of hydrogen-bond acceptors (Lipinski definition) is 4. The van der Waals surface area contributed by atoms with E-state index in [0.29, 0.717) is 16.8 Å². The zero-order valence-corrected chi connectivity index (χ0v) is 16.3. The van der Waals surface area contributed by atoms with E-state index in [0.717, 1.165) is 38.2 Å². The second kappa shape index (κ2) is 8.51. The lowest BCUT2D eigenvalue weighted by Crippen LogP contribution is -2.35. The van der Waals surface area contributed by atoms with E-state index in [1.165, 1.54) is 0 Å². The maximum Gasteiger partial charge on any atom is 0.291 e. The molecule has 6 nitrogen and oxygen atoms in total. The molecule has 0 unspecified atom stereocenters. The van der Waals surface area contributed by atoms with Crippen molar-refractivity contribution in [1.29, 1.82) is 0 Å². The van der Waals surface area contributed by atoms with Gasteiger partial charge in [-0.1, -0.05) is 12.1 Å². The van der Waals surface area contributed by atoms with E-state index < -0.39 is 0 Å². The molecule has 0 aliphatic carbocycles. The van der Waals surface area contributed by atoms with E-state index in [1.807, 2.05) is 17.0 Å². The Bertz CT molecular complexity index is 773. The Labute approximate surface area is 161 Å². The van der Waals surface area contributed by atoms with Crippen LogP contribution in [-0.4, -0.2) is 54.8 Å². The SMILES string of the molecule is CN1CCCN(C(=O)Cc2ccc(NC(=O)c3ccc(Br)o3)cc2)CC1. The van der Waals surface area contributed by atoms with Crippen molar-refractivity contribution in [1.82, 2.24) is 9.80 Å². The Morgan fingerprint density at radius 1 is 1.08 bits per heavy atom. The van der Waals surface area contributed by atoms with Gasteiger partial charge in [0.2, 0.25) is 5.91 Å². The number of nitrogens with zero attached hydrogens (tertiary/aromatic N) is 2. The highest BCUT2D eigenvalue weighted by atomic mass is 79.9. The molecule has 1 aliphatic heterocycles. The number of rotatable bonds is 4. The van der Waals surface area contributed by atoms with Crippen molar-refractivity contribution in [3.05, 3.63) is 52.4 Å². The molecule has 1 aromatic carbocycles. The minimum Gasteiger partial charge on any atom is -0.444 e. The number of furan rings is 1. The first kappa shape index (κ1) is 18.7. The second-order valence-corrected chi connectivity index (χ2v) is 7.25. The number of likely N-dealkylation sites (N-methyl/N-ethyl adjacent to an activating group) is 1. The molecule has 2 heterocycles. The maximum absolute atomic E-state index is 12.5. The number of amides is 2. The van der Waals surface area contributed by atoms with Gasteiger partial charge in [0.25, 0.3) is 5.91 Å². The lowest BCUT2D eigenvalue weighted by molar-refractivity contribution is -0.130. The smallest absolute Gasteiger partial charge is 0.291 e. The van der Waals surface area contributed by atoms with Crippen LogP contribution in [0.4, 0.5) is 5.69 Å². The van der Waals surface area contributed by atoms with Crippen molar-refractivity contribution in [3.63, 3.8) is 0 Å². The molecule has 3 rings (SSSR count). The molecule has 7 heteroatoms. The van der Waals surface area contributed by atoms with Gasteiger partial charge >= 0.3 is 0 Å². The summed E-state index contributed by atoms with van der Waals surface area (Å²) in [6.07, 6.45) is 1.39. The van der Waals surface area contributed by atoms with Gasteiger partial charge < -0.3 is 19.5 Å². The third kappa shape index (κ3) is 4.95. The third-order valence-electron chi connectivity index (χ3n) is 4.44. The fraction of sp³-hybridized carbons (Fsp3) is 0.368. The molecule has 138 valence electrons. The standard InChI is InChI=1S/C19H22BrN3O3/c1-22-9-2-10-23(12-11-22)18(24)13-14-3-5-15(6-4-14)21-19(25)16-7-8-17(20)26-16/h3-8H,2,9-13H2,1H3,(H,21,25). The zero-order valence-electron chi connectivity index (χ0n) is 14.7. The van der Waals surface area contributed by atoms with Crippen molar-refractivity contribution in [2.75, 3.05) is 38.5 Å². The van der Waals surface area contributed by atoms with Gasteiger partial charge in [0.15, 0.2) is 10.4 Å². The average Bonchev–Trinajstić information content (AvgIpc) is 2.94. The van der Waals surface area contributed by atoms with Crippen molar-refractivity contribution < 1.29 is 14.0 Å². The Morgan fingerprint density at radius 2 is 1.85 bits per heavy atom. The minimum atomic E-state index is -0.312. The van der Waals surface area contributed by atoms with Gasteiger partial charge in [0.05, 0.1) is 6.42 Å². The van der Waals surface area contributed by atoms with Crippen molar-refractivity contribution in [2.24, 2.45) is 0 Å². The molecule has 1 N–H and O–H groups in total. The highest BCUT2D eigenvalue weighted by Gasteiger charge is 2.17. The summed E-state index contributed by atoms with van der Waals surface area (Å²) in [6.45, 7) is 3.54. The summed E-state index contributed by atoms with van der Waals surface area (Å²) in [6, 6.07) is 10.6. The molecule has 0 bridgehead atoms. The second-order valence-electron chi connectivity index (χ2n) is 6.47. The van der Waals surface area contributed by atoms with Crippen LogP contribution < -0.4 is 5.32 Å². The minimum absolute atomic E-state index is 0.150. The number of benzene rings is 1. The summed E-state index contributed by atoms with van der Waals surface area (Å²) in [5.41, 5.74) is 1.60. The summed E-state index contributed by atoms with van der Waals surface area (Å²) in [5, 5.41) is 2.77. The van der Waals surface area contributed by atoms with Gasteiger partial charge in [-0.25, -0.2) is 0 Å². The van der Waals surface area contributed by atoms with Gasteiger partial charge in [0.1, 0.15) is 0 Å². The topological polar surface area (TPSA) is 65.8 Å². The fourth-order valence-electron chi connectivity index (χ4n) is 2.92. The summed E-state index contributed by atoms with van der Waals surface area (Å²) < 4.78 is 5.74. The number of anilines is 1. The van der Waals surface area contributed by atoms with E-state index in [4.69, 9.17) is 4.42 Å². The van der Waals surface area contributed by atoms with Crippen LogP contribution in [0, 0.1) is 0 Å². The van der Waals surface area contributed by atoms with E-state index >= 15 is 0 Å². The molecule has 0 radical (unpaired) electrons. The molecule has 0 saturated carbocycles. The highest BCUT2D eigenvalue weighted by molar-refractivity contribution is 9.10. The van der Waals surface area contributed by atoms with Gasteiger partial charge in [-0.05, 0) is 65.8 Å². The number of halogens is 1. The van der Waals surface area contributed by atoms with Crippen LogP contribution in [0.1, 0.15) is 22.5 Å². The Morgan fingerprint density at radius 3 is 2.54 bits per heavy atom. The summed E-state index contributed by atoms with van der Waals surface area (Å²) in [5.74, 6) is 0.0768. The van der Waals surface area contributed by atoms with E-state index in [2.05, 4.69) is 33.2 Å². The van der Waals surface area contributed by atoms with Gasteiger partial charge in [-0.15, -0.1) is 0 Å². The molecule has 2 amide bonds. The van der Waals surface area contributed by atoms with Crippen LogP contribution in [-0.2, 0) is 11.2 Å². The molecule has 1 aromatic heterocycles. The van der Waals surface area contributed by atoms with Crippen molar-refractivity contribution in [2.45, 2.75) is 12.8 Å². The molecule has 0 spiro atoms. The largest absolute Gasteiger partial charge is 0.444 e. The first-order valence-electron chi connectivity index (χ1n) is 8.63. The molecular formula is C19H22BrN3O3.